The van der Waals surface area contributed by atoms with Crippen molar-refractivity contribution < 1.29 is 18.7 Å². The molecule has 0 saturated carbocycles. The van der Waals surface area contributed by atoms with Crippen LogP contribution in [0.3, 0.4) is 0 Å². The van der Waals surface area contributed by atoms with Crippen LogP contribution in [-0.4, -0.2) is 12.6 Å². The van der Waals surface area contributed by atoms with E-state index in [1.807, 2.05) is 25.1 Å². The number of aryl methyl sites for hydroxylation is 1. The van der Waals surface area contributed by atoms with Crippen LogP contribution in [0.15, 0.2) is 57.7 Å². The molecule has 0 saturated heterocycles. The first-order chi connectivity index (χ1) is 12.4. The summed E-state index contributed by atoms with van der Waals surface area (Å²) in [7, 11) is 0. The van der Waals surface area contributed by atoms with Gasteiger partial charge in [0, 0.05) is 17.5 Å². The largest absolute Gasteiger partial charge is 0.482 e. The first kappa shape index (κ1) is 17.7. The molecule has 1 aromatic heterocycles. The van der Waals surface area contributed by atoms with Crippen molar-refractivity contribution in [2.75, 3.05) is 6.61 Å². The predicted octanol–water partition coefficient (Wildman–Crippen LogP) is 4.21. The molecule has 3 rings (SSSR count). The van der Waals surface area contributed by atoms with Crippen LogP contribution in [0.25, 0.3) is 11.0 Å². The van der Waals surface area contributed by atoms with Gasteiger partial charge in [-0.1, -0.05) is 19.9 Å². The lowest BCUT2D eigenvalue weighted by Crippen LogP contribution is -2.17. The molecular formula is C21H20O5. The summed E-state index contributed by atoms with van der Waals surface area (Å²) in [6, 6.07) is 13.6. The zero-order valence-corrected chi connectivity index (χ0v) is 14.9. The molecule has 0 aliphatic rings. The number of esters is 1. The second kappa shape index (κ2) is 7.44. The molecule has 0 unspecified atom stereocenters. The van der Waals surface area contributed by atoms with Crippen LogP contribution in [0.1, 0.15) is 30.9 Å². The van der Waals surface area contributed by atoms with E-state index in [0.717, 1.165) is 10.9 Å². The summed E-state index contributed by atoms with van der Waals surface area (Å²) in [5.74, 6) is 0.815. The average Bonchev–Trinajstić information content (AvgIpc) is 2.59. The Balaban J connectivity index is 1.64. The van der Waals surface area contributed by atoms with Gasteiger partial charge in [0.15, 0.2) is 6.61 Å². The van der Waals surface area contributed by atoms with Gasteiger partial charge in [0.25, 0.3) is 0 Å². The van der Waals surface area contributed by atoms with Gasteiger partial charge in [0.05, 0.1) is 0 Å². The molecule has 0 aliphatic heterocycles. The SMILES string of the molecule is Cc1cc(OCC(=O)Oc2ccc3ccc(=O)oc3c2)ccc1C(C)C. The lowest BCUT2D eigenvalue weighted by molar-refractivity contribution is -0.136. The zero-order valence-electron chi connectivity index (χ0n) is 14.9. The van der Waals surface area contributed by atoms with Gasteiger partial charge in [-0.3, -0.25) is 0 Å². The standard InChI is InChI=1S/C21H20O5/c1-13(2)18-8-7-16(10-14(18)3)24-12-21(23)25-17-6-4-15-5-9-20(22)26-19(15)11-17/h4-11,13H,12H2,1-3H3. The van der Waals surface area contributed by atoms with E-state index in [4.69, 9.17) is 13.9 Å². The summed E-state index contributed by atoms with van der Waals surface area (Å²) in [4.78, 5) is 23.3. The normalized spacial score (nSPS) is 10.9. The van der Waals surface area contributed by atoms with E-state index in [-0.39, 0.29) is 6.61 Å². The highest BCUT2D eigenvalue weighted by atomic mass is 16.6. The summed E-state index contributed by atoms with van der Waals surface area (Å²) in [5, 5.41) is 0.751. The maximum atomic E-state index is 12.0. The number of rotatable bonds is 5. The second-order valence-corrected chi connectivity index (χ2v) is 6.39. The molecule has 134 valence electrons. The molecule has 0 radical (unpaired) electrons. The fraction of sp³-hybridized carbons (Fsp3) is 0.238. The lowest BCUT2D eigenvalue weighted by atomic mass is 9.98. The lowest BCUT2D eigenvalue weighted by Gasteiger charge is -2.12. The van der Waals surface area contributed by atoms with Crippen molar-refractivity contribution in [1.82, 2.24) is 0 Å². The summed E-state index contributed by atoms with van der Waals surface area (Å²) in [6.45, 7) is 6.07. The summed E-state index contributed by atoms with van der Waals surface area (Å²) >= 11 is 0. The summed E-state index contributed by atoms with van der Waals surface area (Å²) < 4.78 is 15.8. The summed E-state index contributed by atoms with van der Waals surface area (Å²) in [6.07, 6.45) is 0. The predicted molar refractivity (Wildman–Crippen MR) is 98.9 cm³/mol. The highest BCUT2D eigenvalue weighted by molar-refractivity contribution is 5.80. The Kier molecular flexibility index (Phi) is 5.07. The van der Waals surface area contributed by atoms with E-state index in [1.54, 1.807) is 18.2 Å². The summed E-state index contributed by atoms with van der Waals surface area (Å²) in [5.41, 5.74) is 2.28. The van der Waals surface area contributed by atoms with E-state index < -0.39 is 11.6 Å². The zero-order chi connectivity index (χ0) is 18.7. The van der Waals surface area contributed by atoms with Gasteiger partial charge in [-0.2, -0.15) is 0 Å². The van der Waals surface area contributed by atoms with Gasteiger partial charge < -0.3 is 13.9 Å². The fourth-order valence-electron chi connectivity index (χ4n) is 2.79. The van der Waals surface area contributed by atoms with Crippen molar-refractivity contribution in [3.05, 3.63) is 70.1 Å². The smallest absolute Gasteiger partial charge is 0.349 e. The van der Waals surface area contributed by atoms with Gasteiger partial charge in [-0.25, -0.2) is 9.59 Å². The maximum Gasteiger partial charge on any atom is 0.349 e. The van der Waals surface area contributed by atoms with Crippen molar-refractivity contribution in [2.45, 2.75) is 26.7 Å². The Bertz CT molecular complexity index is 1000. The molecule has 0 amide bonds. The highest BCUT2D eigenvalue weighted by Crippen LogP contribution is 2.24. The Morgan fingerprint density at radius 1 is 1.04 bits per heavy atom. The molecule has 5 heteroatoms. The molecule has 5 nitrogen and oxygen atoms in total. The van der Waals surface area contributed by atoms with Crippen LogP contribution >= 0.6 is 0 Å². The van der Waals surface area contributed by atoms with Gasteiger partial charge in [0.2, 0.25) is 0 Å². The first-order valence-electron chi connectivity index (χ1n) is 8.40. The molecule has 0 atom stereocenters. The third-order valence-electron chi connectivity index (χ3n) is 4.05. The number of carbonyl (C=O) groups is 1. The van der Waals surface area contributed by atoms with E-state index >= 15 is 0 Å². The number of hydrogen-bond donors (Lipinski definition) is 0. The molecule has 0 N–H and O–H groups in total. The van der Waals surface area contributed by atoms with Crippen LogP contribution in [0.5, 0.6) is 11.5 Å². The van der Waals surface area contributed by atoms with Gasteiger partial charge in [0.1, 0.15) is 17.1 Å². The number of fused-ring (bicyclic) bond motifs is 1. The minimum absolute atomic E-state index is 0.211. The fourth-order valence-corrected chi connectivity index (χ4v) is 2.79. The van der Waals surface area contributed by atoms with Crippen LogP contribution in [0.4, 0.5) is 0 Å². The monoisotopic (exact) mass is 352 g/mol. The molecule has 1 heterocycles. The highest BCUT2D eigenvalue weighted by Gasteiger charge is 2.09. The number of benzene rings is 2. The molecule has 3 aromatic rings. The van der Waals surface area contributed by atoms with E-state index in [2.05, 4.69) is 13.8 Å². The van der Waals surface area contributed by atoms with Crippen molar-refractivity contribution in [3.63, 3.8) is 0 Å². The minimum Gasteiger partial charge on any atom is -0.482 e. The maximum absolute atomic E-state index is 12.0. The molecular weight excluding hydrogens is 332 g/mol. The average molecular weight is 352 g/mol. The third-order valence-corrected chi connectivity index (χ3v) is 4.05. The number of ether oxygens (including phenoxy) is 2. The number of hydrogen-bond acceptors (Lipinski definition) is 5. The van der Waals surface area contributed by atoms with Crippen LogP contribution in [-0.2, 0) is 4.79 Å². The second-order valence-electron chi connectivity index (χ2n) is 6.39. The third kappa shape index (κ3) is 4.11. The van der Waals surface area contributed by atoms with Crippen LogP contribution < -0.4 is 15.1 Å². The van der Waals surface area contributed by atoms with E-state index in [1.165, 1.54) is 17.7 Å². The molecule has 2 aromatic carbocycles. The van der Waals surface area contributed by atoms with Gasteiger partial charge in [-0.15, -0.1) is 0 Å². The van der Waals surface area contributed by atoms with Crippen LogP contribution in [0, 0.1) is 6.92 Å². The molecule has 0 bridgehead atoms. The van der Waals surface area contributed by atoms with E-state index in [0.29, 0.717) is 23.0 Å². The Morgan fingerprint density at radius 2 is 1.77 bits per heavy atom. The number of carbonyl (C=O) groups excluding carboxylic acids is 1. The van der Waals surface area contributed by atoms with Gasteiger partial charge in [-0.05, 0) is 54.3 Å². The molecule has 26 heavy (non-hydrogen) atoms. The Labute approximate surface area is 151 Å². The quantitative estimate of drug-likeness (QED) is 0.391. The van der Waals surface area contributed by atoms with Crippen molar-refractivity contribution in [3.8, 4) is 11.5 Å². The van der Waals surface area contributed by atoms with Crippen molar-refractivity contribution >= 4 is 16.9 Å². The van der Waals surface area contributed by atoms with Gasteiger partial charge >= 0.3 is 11.6 Å². The Morgan fingerprint density at radius 3 is 2.50 bits per heavy atom. The van der Waals surface area contributed by atoms with Crippen molar-refractivity contribution in [2.24, 2.45) is 0 Å². The van der Waals surface area contributed by atoms with Crippen molar-refractivity contribution in [1.29, 1.82) is 0 Å². The minimum atomic E-state index is -0.534. The first-order valence-corrected chi connectivity index (χ1v) is 8.40. The topological polar surface area (TPSA) is 65.7 Å². The Hall–Kier alpha value is -3.08. The molecule has 0 aliphatic carbocycles. The van der Waals surface area contributed by atoms with E-state index in [9.17, 15) is 9.59 Å². The molecule has 0 fully saturated rings. The van der Waals surface area contributed by atoms with Crippen LogP contribution in [0.2, 0.25) is 0 Å². The molecule has 0 spiro atoms.